The molecule has 1 N–H and O–H groups in total. The predicted molar refractivity (Wildman–Crippen MR) is 67.0 cm³/mol. The zero-order chi connectivity index (χ0) is 12.5. The first kappa shape index (κ1) is 13.5. The molecule has 4 heteroatoms. The molecule has 0 saturated carbocycles. The van der Waals surface area contributed by atoms with Crippen molar-refractivity contribution in [2.45, 2.75) is 20.3 Å². The average molecular weight is 237 g/mol. The molecule has 0 saturated heterocycles. The van der Waals surface area contributed by atoms with E-state index < -0.39 is 0 Å². The fourth-order valence-corrected chi connectivity index (χ4v) is 1.40. The summed E-state index contributed by atoms with van der Waals surface area (Å²) in [6.45, 7) is 5.61. The van der Waals surface area contributed by atoms with Crippen LogP contribution in [0, 0.1) is 0 Å². The lowest BCUT2D eigenvalue weighted by Crippen LogP contribution is -2.09. The molecule has 0 atom stereocenters. The number of benzene rings is 1. The van der Waals surface area contributed by atoms with Crippen LogP contribution in [0.1, 0.15) is 25.8 Å². The first-order chi connectivity index (χ1) is 8.29. The van der Waals surface area contributed by atoms with Gasteiger partial charge in [-0.15, -0.1) is 0 Å². The standard InChI is InChI=1S/C13H19NO3/c1-3-8-16-9-10-17-13-7-5-4-6-12(13)11(2)14-15/h4-7,15H,3,8-10H2,1-2H3/b14-11+. The van der Waals surface area contributed by atoms with Crippen LogP contribution in [0.4, 0.5) is 0 Å². The van der Waals surface area contributed by atoms with E-state index >= 15 is 0 Å². The molecule has 94 valence electrons. The Morgan fingerprint density at radius 2 is 2.00 bits per heavy atom. The van der Waals surface area contributed by atoms with Crippen LogP contribution in [0.2, 0.25) is 0 Å². The molecule has 0 aromatic heterocycles. The molecule has 0 spiro atoms. The Morgan fingerprint density at radius 1 is 1.24 bits per heavy atom. The second kappa shape index (κ2) is 7.68. The van der Waals surface area contributed by atoms with E-state index in [0.717, 1.165) is 18.6 Å². The van der Waals surface area contributed by atoms with Crippen LogP contribution >= 0.6 is 0 Å². The summed E-state index contributed by atoms with van der Waals surface area (Å²) < 4.78 is 10.9. The van der Waals surface area contributed by atoms with E-state index in [1.165, 1.54) is 0 Å². The van der Waals surface area contributed by atoms with Gasteiger partial charge >= 0.3 is 0 Å². The average Bonchev–Trinajstić information content (AvgIpc) is 2.38. The maximum atomic E-state index is 8.76. The van der Waals surface area contributed by atoms with Crippen molar-refractivity contribution in [3.8, 4) is 5.75 Å². The molecule has 0 aliphatic heterocycles. The summed E-state index contributed by atoms with van der Waals surface area (Å²) in [5.41, 5.74) is 1.33. The topological polar surface area (TPSA) is 51.0 Å². The zero-order valence-electron chi connectivity index (χ0n) is 10.3. The number of hydrogen-bond acceptors (Lipinski definition) is 4. The highest BCUT2D eigenvalue weighted by Crippen LogP contribution is 2.18. The Kier molecular flexibility index (Phi) is 6.10. The molecule has 0 fully saturated rings. The van der Waals surface area contributed by atoms with Crippen molar-refractivity contribution in [2.75, 3.05) is 19.8 Å². The van der Waals surface area contributed by atoms with E-state index in [2.05, 4.69) is 12.1 Å². The van der Waals surface area contributed by atoms with Gasteiger partial charge in [-0.1, -0.05) is 24.2 Å². The van der Waals surface area contributed by atoms with Crippen molar-refractivity contribution in [3.05, 3.63) is 29.8 Å². The lowest BCUT2D eigenvalue weighted by Gasteiger charge is -2.10. The van der Waals surface area contributed by atoms with Gasteiger partial charge in [-0.05, 0) is 25.5 Å². The third kappa shape index (κ3) is 4.44. The number of oxime groups is 1. The maximum absolute atomic E-state index is 8.76. The molecule has 4 nitrogen and oxygen atoms in total. The quantitative estimate of drug-likeness (QED) is 0.343. The fourth-order valence-electron chi connectivity index (χ4n) is 1.40. The first-order valence-corrected chi connectivity index (χ1v) is 5.78. The molecule has 0 unspecified atom stereocenters. The molecule has 0 heterocycles. The Bertz CT molecular complexity index is 363. The van der Waals surface area contributed by atoms with E-state index in [1.807, 2.05) is 24.3 Å². The normalized spacial score (nSPS) is 11.5. The van der Waals surface area contributed by atoms with Gasteiger partial charge in [-0.3, -0.25) is 0 Å². The SMILES string of the molecule is CCCOCCOc1ccccc1/C(C)=N/O. The maximum Gasteiger partial charge on any atom is 0.128 e. The Hall–Kier alpha value is -1.55. The van der Waals surface area contributed by atoms with E-state index in [4.69, 9.17) is 14.7 Å². The fraction of sp³-hybridized carbons (Fsp3) is 0.462. The van der Waals surface area contributed by atoms with Gasteiger partial charge in [-0.2, -0.15) is 0 Å². The van der Waals surface area contributed by atoms with Crippen molar-refractivity contribution in [3.63, 3.8) is 0 Å². The van der Waals surface area contributed by atoms with E-state index in [-0.39, 0.29) is 0 Å². The minimum absolute atomic E-state index is 0.496. The van der Waals surface area contributed by atoms with E-state index in [0.29, 0.717) is 24.7 Å². The molecule has 0 aliphatic rings. The Labute approximate surface area is 102 Å². The van der Waals surface area contributed by atoms with Crippen LogP contribution < -0.4 is 4.74 Å². The smallest absolute Gasteiger partial charge is 0.128 e. The number of nitrogens with zero attached hydrogens (tertiary/aromatic N) is 1. The third-order valence-electron chi connectivity index (χ3n) is 2.26. The van der Waals surface area contributed by atoms with Gasteiger partial charge in [0.15, 0.2) is 0 Å². The Morgan fingerprint density at radius 3 is 2.71 bits per heavy atom. The molecule has 1 aromatic carbocycles. The molecule has 0 aliphatic carbocycles. The highest BCUT2D eigenvalue weighted by Gasteiger charge is 2.05. The highest BCUT2D eigenvalue weighted by atomic mass is 16.5. The van der Waals surface area contributed by atoms with Gasteiger partial charge in [0.2, 0.25) is 0 Å². The van der Waals surface area contributed by atoms with E-state index in [9.17, 15) is 0 Å². The van der Waals surface area contributed by atoms with Gasteiger partial charge in [0.1, 0.15) is 12.4 Å². The molecule has 0 bridgehead atoms. The summed E-state index contributed by atoms with van der Waals surface area (Å²) in [7, 11) is 0. The summed E-state index contributed by atoms with van der Waals surface area (Å²) in [6.07, 6.45) is 1.01. The number of para-hydroxylation sites is 1. The first-order valence-electron chi connectivity index (χ1n) is 5.78. The summed E-state index contributed by atoms with van der Waals surface area (Å²) in [4.78, 5) is 0. The lowest BCUT2D eigenvalue weighted by molar-refractivity contribution is 0.101. The monoisotopic (exact) mass is 237 g/mol. The van der Waals surface area contributed by atoms with Crippen LogP contribution in [0.3, 0.4) is 0 Å². The second-order valence-electron chi connectivity index (χ2n) is 3.64. The van der Waals surface area contributed by atoms with Crippen molar-refractivity contribution in [2.24, 2.45) is 5.16 Å². The van der Waals surface area contributed by atoms with Crippen LogP contribution in [-0.2, 0) is 4.74 Å². The molecular weight excluding hydrogens is 218 g/mol. The third-order valence-corrected chi connectivity index (χ3v) is 2.26. The van der Waals surface area contributed by atoms with Crippen molar-refractivity contribution < 1.29 is 14.7 Å². The van der Waals surface area contributed by atoms with Crippen molar-refractivity contribution in [1.82, 2.24) is 0 Å². The largest absolute Gasteiger partial charge is 0.490 e. The van der Waals surface area contributed by atoms with Gasteiger partial charge in [0.05, 0.1) is 12.3 Å². The molecule has 17 heavy (non-hydrogen) atoms. The van der Waals surface area contributed by atoms with Gasteiger partial charge in [0, 0.05) is 12.2 Å². The van der Waals surface area contributed by atoms with Crippen LogP contribution in [-0.4, -0.2) is 30.7 Å². The lowest BCUT2D eigenvalue weighted by atomic mass is 10.1. The number of rotatable bonds is 7. The molecular formula is C13H19NO3. The van der Waals surface area contributed by atoms with E-state index in [1.54, 1.807) is 6.92 Å². The highest BCUT2D eigenvalue weighted by molar-refractivity contribution is 6.00. The van der Waals surface area contributed by atoms with Crippen LogP contribution in [0.5, 0.6) is 5.75 Å². The molecule has 1 rings (SSSR count). The Balaban J connectivity index is 2.53. The second-order valence-corrected chi connectivity index (χ2v) is 3.64. The summed E-state index contributed by atoms with van der Waals surface area (Å²) >= 11 is 0. The van der Waals surface area contributed by atoms with Gasteiger partial charge < -0.3 is 14.7 Å². The molecule has 1 aromatic rings. The predicted octanol–water partition coefficient (Wildman–Crippen LogP) is 2.69. The van der Waals surface area contributed by atoms with Gasteiger partial charge in [0.25, 0.3) is 0 Å². The summed E-state index contributed by atoms with van der Waals surface area (Å²) in [6, 6.07) is 7.47. The van der Waals surface area contributed by atoms with Crippen molar-refractivity contribution in [1.29, 1.82) is 0 Å². The number of ether oxygens (including phenoxy) is 2. The molecule has 0 amide bonds. The van der Waals surface area contributed by atoms with Gasteiger partial charge in [-0.25, -0.2) is 0 Å². The minimum atomic E-state index is 0.496. The number of hydrogen-bond donors (Lipinski definition) is 1. The molecule has 0 radical (unpaired) electrons. The minimum Gasteiger partial charge on any atom is -0.490 e. The van der Waals surface area contributed by atoms with Crippen LogP contribution in [0.25, 0.3) is 0 Å². The van der Waals surface area contributed by atoms with Crippen LogP contribution in [0.15, 0.2) is 29.4 Å². The summed E-state index contributed by atoms with van der Waals surface area (Å²) in [5.74, 6) is 0.711. The summed E-state index contributed by atoms with van der Waals surface area (Å²) in [5, 5.41) is 11.9. The van der Waals surface area contributed by atoms with Crippen molar-refractivity contribution >= 4 is 5.71 Å². The zero-order valence-corrected chi connectivity index (χ0v) is 10.3.